The number of rotatable bonds is 0. The smallest absolute Gasteiger partial charge is 0.174 e. The van der Waals surface area contributed by atoms with E-state index in [0.717, 1.165) is 23.4 Å². The van der Waals surface area contributed by atoms with Gasteiger partial charge in [0.1, 0.15) is 0 Å². The molecule has 74 valence electrons. The quantitative estimate of drug-likeness (QED) is 0.616. The van der Waals surface area contributed by atoms with Crippen LogP contribution in [-0.2, 0) is 12.8 Å². The van der Waals surface area contributed by atoms with Crippen molar-refractivity contribution in [3.63, 3.8) is 0 Å². The topological polar surface area (TPSA) is 24.1 Å². The van der Waals surface area contributed by atoms with Crippen LogP contribution in [0.2, 0.25) is 0 Å². The van der Waals surface area contributed by atoms with Crippen LogP contribution in [0, 0.1) is 0 Å². The summed E-state index contributed by atoms with van der Waals surface area (Å²) in [6, 6.07) is 4.68. The molecule has 1 aromatic carbocycles. The standard InChI is InChI=1S/C11H13FN2/c1-6-2-7-3-8-4-11(12)14-10(8)5-9(7)13-6/h3,5-6,11,13-14H,2,4H2,1H3. The molecule has 0 aromatic heterocycles. The minimum Gasteiger partial charge on any atom is -0.382 e. The van der Waals surface area contributed by atoms with Gasteiger partial charge in [0, 0.05) is 23.8 Å². The molecule has 2 aliphatic rings. The second kappa shape index (κ2) is 2.62. The van der Waals surface area contributed by atoms with E-state index in [1.165, 1.54) is 5.56 Å². The lowest BCUT2D eigenvalue weighted by Crippen LogP contribution is -2.09. The molecule has 3 rings (SSSR count). The number of hydrogen-bond acceptors (Lipinski definition) is 2. The Morgan fingerprint density at radius 1 is 1.14 bits per heavy atom. The summed E-state index contributed by atoms with van der Waals surface area (Å²) < 4.78 is 13.0. The maximum Gasteiger partial charge on any atom is 0.174 e. The fourth-order valence-electron chi connectivity index (χ4n) is 2.36. The van der Waals surface area contributed by atoms with Gasteiger partial charge in [0.2, 0.25) is 0 Å². The molecule has 14 heavy (non-hydrogen) atoms. The van der Waals surface area contributed by atoms with Gasteiger partial charge in [-0.2, -0.15) is 0 Å². The normalized spacial score (nSPS) is 27.9. The van der Waals surface area contributed by atoms with Crippen molar-refractivity contribution in [2.24, 2.45) is 0 Å². The van der Waals surface area contributed by atoms with Crippen LogP contribution >= 0.6 is 0 Å². The zero-order chi connectivity index (χ0) is 9.71. The van der Waals surface area contributed by atoms with Gasteiger partial charge in [-0.1, -0.05) is 6.07 Å². The van der Waals surface area contributed by atoms with E-state index in [4.69, 9.17) is 0 Å². The van der Waals surface area contributed by atoms with Gasteiger partial charge >= 0.3 is 0 Å². The molecule has 2 nitrogen and oxygen atoms in total. The first-order valence-electron chi connectivity index (χ1n) is 5.05. The third-order valence-corrected chi connectivity index (χ3v) is 2.97. The van der Waals surface area contributed by atoms with Crippen molar-refractivity contribution in [1.29, 1.82) is 0 Å². The first-order valence-corrected chi connectivity index (χ1v) is 5.05. The number of halogens is 1. The van der Waals surface area contributed by atoms with Crippen molar-refractivity contribution < 1.29 is 4.39 Å². The maximum atomic E-state index is 13.0. The fraction of sp³-hybridized carbons (Fsp3) is 0.455. The number of anilines is 2. The van der Waals surface area contributed by atoms with E-state index in [1.807, 2.05) is 6.07 Å². The molecular formula is C11H13FN2. The largest absolute Gasteiger partial charge is 0.382 e. The summed E-state index contributed by atoms with van der Waals surface area (Å²) in [5, 5.41) is 6.21. The second-order valence-corrected chi connectivity index (χ2v) is 4.23. The minimum atomic E-state index is -0.898. The number of alkyl halides is 1. The van der Waals surface area contributed by atoms with Crippen molar-refractivity contribution in [3.05, 3.63) is 23.3 Å². The molecule has 0 amide bonds. The lowest BCUT2D eigenvalue weighted by Gasteiger charge is -2.05. The molecule has 0 bridgehead atoms. The molecule has 0 saturated heterocycles. The van der Waals surface area contributed by atoms with Gasteiger partial charge in [0.25, 0.3) is 0 Å². The average molecular weight is 192 g/mol. The molecule has 0 spiro atoms. The van der Waals surface area contributed by atoms with Crippen LogP contribution in [0.4, 0.5) is 15.8 Å². The van der Waals surface area contributed by atoms with Crippen LogP contribution in [0.1, 0.15) is 18.1 Å². The number of nitrogens with one attached hydrogen (secondary N) is 2. The van der Waals surface area contributed by atoms with Crippen molar-refractivity contribution in [1.82, 2.24) is 0 Å². The number of hydrogen-bond donors (Lipinski definition) is 2. The molecule has 2 aliphatic heterocycles. The van der Waals surface area contributed by atoms with Gasteiger partial charge < -0.3 is 10.6 Å². The highest BCUT2D eigenvalue weighted by molar-refractivity contribution is 5.70. The molecule has 2 N–H and O–H groups in total. The van der Waals surface area contributed by atoms with Gasteiger partial charge in [-0.05, 0) is 30.5 Å². The molecule has 2 unspecified atom stereocenters. The third-order valence-electron chi connectivity index (χ3n) is 2.97. The predicted octanol–water partition coefficient (Wildman–Crippen LogP) is 2.31. The number of fused-ring (bicyclic) bond motifs is 2. The van der Waals surface area contributed by atoms with Gasteiger partial charge in [-0.3, -0.25) is 0 Å². The molecule has 0 fully saturated rings. The van der Waals surface area contributed by atoms with Crippen LogP contribution in [0.15, 0.2) is 12.1 Å². The Kier molecular flexibility index (Phi) is 1.52. The molecule has 0 radical (unpaired) electrons. The summed E-state index contributed by atoms with van der Waals surface area (Å²) in [7, 11) is 0. The summed E-state index contributed by atoms with van der Waals surface area (Å²) in [5.41, 5.74) is 4.56. The fourth-order valence-corrected chi connectivity index (χ4v) is 2.36. The Morgan fingerprint density at radius 3 is 2.71 bits per heavy atom. The second-order valence-electron chi connectivity index (χ2n) is 4.23. The van der Waals surface area contributed by atoms with E-state index >= 15 is 0 Å². The first kappa shape index (κ1) is 8.09. The van der Waals surface area contributed by atoms with E-state index in [0.29, 0.717) is 12.5 Å². The Bertz CT molecular complexity index is 321. The SMILES string of the molecule is CC1Cc2cc3c(cc2N1)NC(F)C3. The van der Waals surface area contributed by atoms with E-state index < -0.39 is 6.30 Å². The Balaban J connectivity index is 2.05. The van der Waals surface area contributed by atoms with E-state index in [-0.39, 0.29) is 0 Å². The zero-order valence-electron chi connectivity index (χ0n) is 8.10. The van der Waals surface area contributed by atoms with Crippen molar-refractivity contribution in [2.45, 2.75) is 32.1 Å². The summed E-state index contributed by atoms with van der Waals surface area (Å²) in [6.07, 6.45) is 0.668. The van der Waals surface area contributed by atoms with Crippen LogP contribution < -0.4 is 10.6 Å². The minimum absolute atomic E-state index is 0.508. The highest BCUT2D eigenvalue weighted by atomic mass is 19.1. The summed E-state index contributed by atoms with van der Waals surface area (Å²) in [4.78, 5) is 0. The summed E-state index contributed by atoms with van der Waals surface area (Å²) in [5.74, 6) is 0. The molecule has 2 heterocycles. The van der Waals surface area contributed by atoms with Crippen LogP contribution in [0.25, 0.3) is 0 Å². The molecule has 2 atom stereocenters. The van der Waals surface area contributed by atoms with Crippen molar-refractivity contribution in [3.8, 4) is 0 Å². The van der Waals surface area contributed by atoms with Gasteiger partial charge in [-0.15, -0.1) is 0 Å². The summed E-state index contributed by atoms with van der Waals surface area (Å²) in [6.45, 7) is 2.16. The van der Waals surface area contributed by atoms with Gasteiger partial charge in [-0.25, -0.2) is 4.39 Å². The lowest BCUT2D eigenvalue weighted by molar-refractivity contribution is 0.384. The van der Waals surface area contributed by atoms with Gasteiger partial charge in [0.05, 0.1) is 0 Å². The molecule has 3 heteroatoms. The molecular weight excluding hydrogens is 179 g/mol. The Morgan fingerprint density at radius 2 is 1.86 bits per heavy atom. The highest BCUT2D eigenvalue weighted by Crippen LogP contribution is 2.35. The third kappa shape index (κ3) is 1.08. The Hall–Kier alpha value is -1.25. The molecule has 0 saturated carbocycles. The first-order chi connectivity index (χ1) is 6.72. The summed E-state index contributed by atoms with van der Waals surface area (Å²) >= 11 is 0. The monoisotopic (exact) mass is 192 g/mol. The highest BCUT2D eigenvalue weighted by Gasteiger charge is 2.24. The van der Waals surface area contributed by atoms with Crippen molar-refractivity contribution in [2.75, 3.05) is 10.6 Å². The van der Waals surface area contributed by atoms with Crippen LogP contribution in [0.3, 0.4) is 0 Å². The number of benzene rings is 1. The predicted molar refractivity (Wildman–Crippen MR) is 55.5 cm³/mol. The molecule has 0 aliphatic carbocycles. The van der Waals surface area contributed by atoms with Gasteiger partial charge in [0.15, 0.2) is 6.30 Å². The van der Waals surface area contributed by atoms with E-state index in [1.54, 1.807) is 0 Å². The van der Waals surface area contributed by atoms with Crippen LogP contribution in [0.5, 0.6) is 0 Å². The zero-order valence-corrected chi connectivity index (χ0v) is 8.10. The maximum absolute atomic E-state index is 13.0. The lowest BCUT2D eigenvalue weighted by atomic mass is 10.1. The molecule has 1 aromatic rings. The Labute approximate surface area is 82.5 Å². The van der Waals surface area contributed by atoms with Crippen molar-refractivity contribution >= 4 is 11.4 Å². The van der Waals surface area contributed by atoms with Crippen LogP contribution in [-0.4, -0.2) is 12.3 Å². The average Bonchev–Trinajstić information content (AvgIpc) is 2.59. The van der Waals surface area contributed by atoms with E-state index in [2.05, 4.69) is 23.6 Å². The van der Waals surface area contributed by atoms with E-state index in [9.17, 15) is 4.39 Å².